The Morgan fingerprint density at radius 3 is 2.38 bits per heavy atom. The lowest BCUT2D eigenvalue weighted by Gasteiger charge is -2.20. The average Bonchev–Trinajstić information content (AvgIpc) is 2.31. The number of carbonyl (C=O) groups is 1. The van der Waals surface area contributed by atoms with Gasteiger partial charge in [0.05, 0.1) is 0 Å². The van der Waals surface area contributed by atoms with Crippen molar-refractivity contribution in [2.45, 2.75) is 0 Å². The minimum Gasteiger partial charge on any atom is -0.359 e. The third-order valence-electron chi connectivity index (χ3n) is 2.13. The summed E-state index contributed by atoms with van der Waals surface area (Å²) in [5.41, 5.74) is 2.45. The van der Waals surface area contributed by atoms with Gasteiger partial charge in [-0.15, -0.1) is 4.59 Å². The first kappa shape index (κ1) is 9.97. The molecule has 1 rings (SSSR count). The Balaban J connectivity index is 3.02. The van der Waals surface area contributed by atoms with E-state index in [9.17, 15) is 4.79 Å². The quantitative estimate of drug-likeness (QED) is 0.338. The van der Waals surface area contributed by atoms with Crippen LogP contribution in [0.3, 0.4) is 0 Å². The van der Waals surface area contributed by atoms with Crippen molar-refractivity contribution in [3.63, 3.8) is 0 Å². The molecule has 0 radical (unpaired) electrons. The third-order valence-corrected chi connectivity index (χ3v) is 2.13. The van der Waals surface area contributed by atoms with Gasteiger partial charge in [-0.2, -0.15) is 0 Å². The molecule has 0 aromatic rings. The van der Waals surface area contributed by atoms with Crippen molar-refractivity contribution in [3.8, 4) is 0 Å². The summed E-state index contributed by atoms with van der Waals surface area (Å²) in [7, 11) is 7.16. The highest BCUT2D eigenvalue weighted by Crippen LogP contribution is 2.20. The molecule has 0 bridgehead atoms. The average molecular weight is 186 g/mol. The zero-order chi connectivity index (χ0) is 10.2. The fourth-order valence-electron chi connectivity index (χ4n) is 1.29. The Hall–Kier alpha value is -1.11. The number of nitrogens with one attached hydrogen (secondary N) is 1. The Morgan fingerprint density at radius 2 is 2.15 bits per heavy atom. The number of nitrogens with two attached hydrogens (primary N) is 1. The molecule has 2 amide bonds. The maximum atomic E-state index is 11.6. The first-order valence-corrected chi connectivity index (χ1v) is 3.95. The minimum atomic E-state index is -0.107. The van der Waals surface area contributed by atoms with Crippen LogP contribution in [0.5, 0.6) is 0 Å². The monoisotopic (exact) mass is 186 g/mol. The summed E-state index contributed by atoms with van der Waals surface area (Å²) in [4.78, 5) is 15.1. The number of hydrogen-bond donors (Lipinski definition) is 2. The van der Waals surface area contributed by atoms with Crippen LogP contribution in [0.25, 0.3) is 0 Å². The van der Waals surface area contributed by atoms with Gasteiger partial charge in [0.25, 0.3) is 0 Å². The summed E-state index contributed by atoms with van der Waals surface area (Å²) < 4.78 is -0.107. The van der Waals surface area contributed by atoms with Gasteiger partial charge in [0.2, 0.25) is 0 Å². The van der Waals surface area contributed by atoms with Crippen molar-refractivity contribution in [2.75, 3.05) is 28.2 Å². The van der Waals surface area contributed by atoms with Crippen LogP contribution in [0.1, 0.15) is 0 Å². The van der Waals surface area contributed by atoms with Gasteiger partial charge in [0.15, 0.2) is 12.0 Å². The standard InChI is InChI=1S/C7H16N5O/c1-10(2)6-5-12(4,9-8)7(13)11(6)3/h5,9H,8H2,1-4H3/q+1. The molecule has 1 heterocycles. The predicted molar refractivity (Wildman–Crippen MR) is 48.4 cm³/mol. The number of hydrazine groups is 1. The highest BCUT2D eigenvalue weighted by molar-refractivity contribution is 5.71. The lowest BCUT2D eigenvalue weighted by molar-refractivity contribution is -0.825. The Kier molecular flexibility index (Phi) is 2.29. The van der Waals surface area contributed by atoms with Crippen molar-refractivity contribution < 1.29 is 9.39 Å². The van der Waals surface area contributed by atoms with Crippen LogP contribution in [0, 0.1) is 0 Å². The van der Waals surface area contributed by atoms with E-state index in [2.05, 4.69) is 5.53 Å². The van der Waals surface area contributed by atoms with E-state index in [1.54, 1.807) is 25.2 Å². The van der Waals surface area contributed by atoms with Gasteiger partial charge in [-0.25, -0.2) is 15.5 Å². The van der Waals surface area contributed by atoms with Crippen LogP contribution in [0.15, 0.2) is 12.0 Å². The summed E-state index contributed by atoms with van der Waals surface area (Å²) in [5.74, 6) is 6.12. The van der Waals surface area contributed by atoms with E-state index < -0.39 is 0 Å². The molecule has 3 N–H and O–H groups in total. The maximum Gasteiger partial charge on any atom is 0.449 e. The van der Waals surface area contributed by atoms with E-state index in [4.69, 9.17) is 5.84 Å². The predicted octanol–water partition coefficient (Wildman–Crippen LogP) is -0.763. The largest absolute Gasteiger partial charge is 0.449 e. The molecule has 0 aliphatic carbocycles. The SMILES string of the molecule is CN(C)C1=C[N+](C)(NN)C(=O)N1C. The fraction of sp³-hybridized carbons (Fsp3) is 0.571. The van der Waals surface area contributed by atoms with Crippen molar-refractivity contribution >= 4 is 6.03 Å². The summed E-state index contributed by atoms with van der Waals surface area (Å²) in [6, 6.07) is -0.105. The van der Waals surface area contributed by atoms with Gasteiger partial charge >= 0.3 is 6.03 Å². The molecule has 0 aromatic carbocycles. The first-order chi connectivity index (χ1) is 5.92. The second kappa shape index (κ2) is 2.99. The molecule has 6 nitrogen and oxygen atoms in total. The molecule has 13 heavy (non-hydrogen) atoms. The number of carbonyl (C=O) groups excluding carboxylic acids is 1. The smallest absolute Gasteiger partial charge is 0.359 e. The topological polar surface area (TPSA) is 61.6 Å². The fourth-order valence-corrected chi connectivity index (χ4v) is 1.29. The molecule has 0 aromatic heterocycles. The number of amides is 2. The molecule has 0 spiro atoms. The summed E-state index contributed by atoms with van der Waals surface area (Å²) in [5, 5.41) is 0. The molecule has 1 unspecified atom stereocenters. The van der Waals surface area contributed by atoms with Crippen LogP contribution in [0.4, 0.5) is 4.79 Å². The number of urea groups is 1. The van der Waals surface area contributed by atoms with E-state index in [1.165, 1.54) is 0 Å². The summed E-state index contributed by atoms with van der Waals surface area (Å²) in [6.45, 7) is 0. The van der Waals surface area contributed by atoms with Crippen molar-refractivity contribution in [3.05, 3.63) is 12.0 Å². The van der Waals surface area contributed by atoms with Crippen LogP contribution in [0.2, 0.25) is 0 Å². The minimum absolute atomic E-state index is 0.105. The highest BCUT2D eigenvalue weighted by atomic mass is 16.2. The molecule has 0 saturated heterocycles. The second-order valence-electron chi connectivity index (χ2n) is 3.43. The van der Waals surface area contributed by atoms with Gasteiger partial charge in [0, 0.05) is 21.1 Å². The molecule has 0 saturated carbocycles. The van der Waals surface area contributed by atoms with Gasteiger partial charge in [0.1, 0.15) is 7.05 Å². The van der Waals surface area contributed by atoms with Crippen molar-refractivity contribution in [1.29, 1.82) is 0 Å². The number of nitrogens with zero attached hydrogens (tertiary/aromatic N) is 3. The Morgan fingerprint density at radius 1 is 1.62 bits per heavy atom. The van der Waals surface area contributed by atoms with Crippen LogP contribution >= 0.6 is 0 Å². The van der Waals surface area contributed by atoms with Crippen LogP contribution < -0.4 is 11.4 Å². The summed E-state index contributed by atoms with van der Waals surface area (Å²) >= 11 is 0. The van der Waals surface area contributed by atoms with Crippen LogP contribution in [-0.4, -0.2) is 48.6 Å². The van der Waals surface area contributed by atoms with Crippen molar-refractivity contribution in [1.82, 2.24) is 15.3 Å². The van der Waals surface area contributed by atoms with Gasteiger partial charge in [-0.1, -0.05) is 5.53 Å². The summed E-state index contributed by atoms with van der Waals surface area (Å²) in [6.07, 6.45) is 1.75. The lowest BCUT2D eigenvalue weighted by atomic mass is 10.6. The zero-order valence-corrected chi connectivity index (χ0v) is 8.40. The highest BCUT2D eigenvalue weighted by Gasteiger charge is 2.43. The van der Waals surface area contributed by atoms with Gasteiger partial charge in [-0.05, 0) is 0 Å². The second-order valence-corrected chi connectivity index (χ2v) is 3.43. The van der Waals surface area contributed by atoms with E-state index in [1.807, 2.05) is 19.0 Å². The normalized spacial score (nSPS) is 27.9. The van der Waals surface area contributed by atoms with Crippen LogP contribution in [-0.2, 0) is 0 Å². The number of rotatable bonds is 2. The zero-order valence-electron chi connectivity index (χ0n) is 8.40. The first-order valence-electron chi connectivity index (χ1n) is 3.95. The van der Waals surface area contributed by atoms with Crippen molar-refractivity contribution in [2.24, 2.45) is 5.84 Å². The number of hydrogen-bond acceptors (Lipinski definition) is 4. The Labute approximate surface area is 77.7 Å². The van der Waals surface area contributed by atoms with E-state index >= 15 is 0 Å². The van der Waals surface area contributed by atoms with E-state index in [-0.39, 0.29) is 10.6 Å². The van der Waals surface area contributed by atoms with Gasteiger partial charge < -0.3 is 4.90 Å². The number of quaternary nitrogens is 1. The van der Waals surface area contributed by atoms with E-state index in [0.29, 0.717) is 0 Å². The molecule has 1 aliphatic heterocycles. The molecule has 1 aliphatic rings. The molecule has 1 atom stereocenters. The van der Waals surface area contributed by atoms with E-state index in [0.717, 1.165) is 5.82 Å². The third kappa shape index (κ3) is 1.39. The molecule has 0 fully saturated rings. The molecule has 6 heteroatoms. The molecule has 74 valence electrons. The maximum absolute atomic E-state index is 11.6. The molecular weight excluding hydrogens is 170 g/mol. The molecular formula is C7H16N5O+. The Bertz CT molecular complexity index is 262. The van der Waals surface area contributed by atoms with Gasteiger partial charge in [-0.3, -0.25) is 0 Å². The lowest BCUT2D eigenvalue weighted by Crippen LogP contribution is -2.58.